The van der Waals surface area contributed by atoms with Crippen molar-refractivity contribution in [2.24, 2.45) is 5.73 Å². The van der Waals surface area contributed by atoms with Crippen LogP contribution < -0.4 is 11.1 Å². The van der Waals surface area contributed by atoms with Crippen molar-refractivity contribution in [2.75, 3.05) is 5.32 Å². The highest BCUT2D eigenvalue weighted by Gasteiger charge is 2.43. The Hall–Kier alpha value is -2.56. The summed E-state index contributed by atoms with van der Waals surface area (Å²) >= 11 is 5.94. The van der Waals surface area contributed by atoms with Crippen molar-refractivity contribution < 1.29 is 22.8 Å². The summed E-state index contributed by atoms with van der Waals surface area (Å²) in [5, 5.41) is 9.54. The molecule has 152 valence electrons. The number of hydrogen-bond acceptors (Lipinski definition) is 4. The highest BCUT2D eigenvalue weighted by Crippen LogP contribution is 2.47. The van der Waals surface area contributed by atoms with Gasteiger partial charge >= 0.3 is 6.18 Å². The number of halogens is 4. The van der Waals surface area contributed by atoms with Crippen LogP contribution in [0.4, 0.5) is 18.9 Å². The first-order valence-electron chi connectivity index (χ1n) is 8.57. The van der Waals surface area contributed by atoms with Crippen LogP contribution in [0, 0.1) is 0 Å². The normalized spacial score (nSPS) is 15.5. The summed E-state index contributed by atoms with van der Waals surface area (Å²) in [5.41, 5.74) is 4.18. The average molecular weight is 419 g/mol. The smallest absolute Gasteiger partial charge is 0.364 e. The van der Waals surface area contributed by atoms with E-state index in [4.69, 9.17) is 17.3 Å². The topological polar surface area (TPSA) is 108 Å². The van der Waals surface area contributed by atoms with Crippen molar-refractivity contribution in [2.45, 2.75) is 51.4 Å². The summed E-state index contributed by atoms with van der Waals surface area (Å²) in [7, 11) is 0. The third-order valence-corrected chi connectivity index (χ3v) is 4.82. The van der Waals surface area contributed by atoms with Gasteiger partial charge in [0.05, 0.1) is 16.4 Å². The van der Waals surface area contributed by atoms with E-state index in [0.29, 0.717) is 19.4 Å². The minimum absolute atomic E-state index is 0.0773. The molecule has 2 amide bonds. The highest BCUT2D eigenvalue weighted by molar-refractivity contribution is 6.32. The molecular weight excluding hydrogens is 401 g/mol. The van der Waals surface area contributed by atoms with Gasteiger partial charge in [0.2, 0.25) is 5.91 Å². The molecule has 0 bridgehead atoms. The summed E-state index contributed by atoms with van der Waals surface area (Å²) in [5.74, 6) is -1.68. The van der Waals surface area contributed by atoms with Crippen LogP contribution in [-0.2, 0) is 17.5 Å². The molecule has 12 heteroatoms. The Morgan fingerprint density at radius 3 is 2.54 bits per heavy atom. The van der Waals surface area contributed by atoms with Crippen LogP contribution in [0.3, 0.4) is 0 Å². The van der Waals surface area contributed by atoms with Crippen LogP contribution in [0.15, 0.2) is 6.20 Å². The number of carbonyl (C=O) groups is 2. The van der Waals surface area contributed by atoms with Gasteiger partial charge in [-0.3, -0.25) is 19.0 Å². The number of hydrogen-bond donors (Lipinski definition) is 2. The molecule has 1 saturated carbocycles. The summed E-state index contributed by atoms with van der Waals surface area (Å²) in [6.45, 7) is 3.61. The van der Waals surface area contributed by atoms with Crippen LogP contribution in [0.25, 0.3) is 0 Å². The van der Waals surface area contributed by atoms with Crippen LogP contribution >= 0.6 is 11.6 Å². The number of primary amides is 1. The molecule has 1 fully saturated rings. The number of amides is 2. The maximum absolute atomic E-state index is 13.2. The van der Waals surface area contributed by atoms with Crippen LogP contribution in [0.1, 0.15) is 60.5 Å². The lowest BCUT2D eigenvalue weighted by Crippen LogP contribution is -2.27. The number of aryl methyl sites for hydroxylation is 1. The molecule has 0 unspecified atom stereocenters. The molecule has 2 aromatic heterocycles. The lowest BCUT2D eigenvalue weighted by molar-refractivity contribution is -0.141. The van der Waals surface area contributed by atoms with Crippen LogP contribution in [-0.4, -0.2) is 31.4 Å². The van der Waals surface area contributed by atoms with Gasteiger partial charge in [-0.05, 0) is 26.7 Å². The van der Waals surface area contributed by atoms with Crippen molar-refractivity contribution in [3.05, 3.63) is 28.3 Å². The number of aromatic nitrogens is 4. The fraction of sp³-hybridized carbons (Fsp3) is 0.500. The number of nitrogens with zero attached hydrogens (tertiary/aromatic N) is 4. The quantitative estimate of drug-likeness (QED) is 0.751. The first-order valence-corrected chi connectivity index (χ1v) is 8.95. The number of anilines is 1. The molecule has 0 spiro atoms. The van der Waals surface area contributed by atoms with Gasteiger partial charge in [-0.15, -0.1) is 0 Å². The molecule has 1 aliphatic rings. The fourth-order valence-corrected chi connectivity index (χ4v) is 3.22. The largest absolute Gasteiger partial charge is 0.436 e. The molecule has 3 rings (SSSR count). The maximum atomic E-state index is 13.2. The summed E-state index contributed by atoms with van der Waals surface area (Å²) in [6.07, 6.45) is -1.97. The average Bonchev–Trinajstić information content (AvgIpc) is 3.25. The zero-order valence-electron chi connectivity index (χ0n) is 15.0. The summed E-state index contributed by atoms with van der Waals surface area (Å²) in [4.78, 5) is 24.2. The summed E-state index contributed by atoms with van der Waals surface area (Å²) < 4.78 is 42.0. The lowest BCUT2D eigenvalue weighted by atomic mass is 10.2. The molecule has 28 heavy (non-hydrogen) atoms. The highest BCUT2D eigenvalue weighted by atomic mass is 35.5. The molecule has 0 aliphatic heterocycles. The lowest BCUT2D eigenvalue weighted by Gasteiger charge is -2.15. The Morgan fingerprint density at radius 1 is 1.39 bits per heavy atom. The fourth-order valence-electron chi connectivity index (χ4n) is 2.83. The van der Waals surface area contributed by atoms with E-state index in [2.05, 4.69) is 15.5 Å². The summed E-state index contributed by atoms with van der Waals surface area (Å²) in [6, 6.07) is -1.10. The van der Waals surface area contributed by atoms with E-state index in [1.165, 1.54) is 17.8 Å². The molecule has 0 radical (unpaired) electrons. The monoisotopic (exact) mass is 418 g/mol. The Morgan fingerprint density at radius 2 is 2.04 bits per heavy atom. The molecule has 1 aliphatic carbocycles. The number of carbonyl (C=O) groups excluding carboxylic acids is 2. The van der Waals surface area contributed by atoms with E-state index in [0.717, 1.165) is 4.68 Å². The number of rotatable bonds is 6. The van der Waals surface area contributed by atoms with Crippen LogP contribution in [0.5, 0.6) is 0 Å². The molecule has 2 aromatic rings. The van der Waals surface area contributed by atoms with E-state index in [1.807, 2.05) is 0 Å². The minimum atomic E-state index is -4.73. The first kappa shape index (κ1) is 20.2. The van der Waals surface area contributed by atoms with Gasteiger partial charge in [-0.25, -0.2) is 0 Å². The first-order chi connectivity index (χ1) is 13.0. The van der Waals surface area contributed by atoms with Gasteiger partial charge in [-0.2, -0.15) is 23.4 Å². The molecule has 2 heterocycles. The second-order valence-corrected chi connectivity index (χ2v) is 6.92. The van der Waals surface area contributed by atoms with Gasteiger partial charge in [-0.1, -0.05) is 11.6 Å². The van der Waals surface area contributed by atoms with Gasteiger partial charge in [0.15, 0.2) is 11.4 Å². The van der Waals surface area contributed by atoms with E-state index in [1.54, 1.807) is 6.92 Å². The van der Waals surface area contributed by atoms with Gasteiger partial charge < -0.3 is 11.1 Å². The minimum Gasteiger partial charge on any atom is -0.364 e. The Labute approximate surface area is 162 Å². The second kappa shape index (κ2) is 7.12. The molecular formula is C16H18ClF3N6O2. The zero-order valence-corrected chi connectivity index (χ0v) is 15.8. The van der Waals surface area contributed by atoms with Crippen molar-refractivity contribution >= 4 is 29.1 Å². The Bertz CT molecular complexity index is 932. The van der Waals surface area contributed by atoms with Crippen molar-refractivity contribution in [1.29, 1.82) is 0 Å². The molecule has 1 atom stereocenters. The van der Waals surface area contributed by atoms with Gasteiger partial charge in [0.1, 0.15) is 6.04 Å². The van der Waals surface area contributed by atoms with E-state index >= 15 is 0 Å². The Kier molecular flexibility index (Phi) is 5.13. The predicted octanol–water partition coefficient (Wildman–Crippen LogP) is 2.95. The molecule has 0 saturated heterocycles. The third-order valence-electron chi connectivity index (χ3n) is 4.44. The third kappa shape index (κ3) is 3.71. The number of nitrogens with one attached hydrogen (secondary N) is 1. The number of alkyl halides is 3. The molecule has 8 nitrogen and oxygen atoms in total. The zero-order chi connectivity index (χ0) is 20.8. The molecule has 3 N–H and O–H groups in total. The molecule has 0 aromatic carbocycles. The maximum Gasteiger partial charge on any atom is 0.436 e. The van der Waals surface area contributed by atoms with Crippen LogP contribution in [0.2, 0.25) is 5.02 Å². The Balaban J connectivity index is 1.92. The van der Waals surface area contributed by atoms with Crippen molar-refractivity contribution in [1.82, 2.24) is 19.6 Å². The van der Waals surface area contributed by atoms with E-state index in [-0.39, 0.29) is 23.0 Å². The SMILES string of the molecule is CCn1cc(NC(=O)[C@H](C)n2nc(C(F)(F)F)c(Cl)c2C2CC2)c(C(N)=O)n1. The standard InChI is InChI=1S/C16H18ClF3N6O2/c1-3-25-6-9(11(23-25)14(21)27)22-15(28)7(2)26-12(8-4-5-8)10(17)13(24-26)16(18,19)20/h6-8H,3-5H2,1-2H3,(H2,21,27)(H,22,28)/t7-/m0/s1. The van der Waals surface area contributed by atoms with E-state index in [9.17, 15) is 22.8 Å². The van der Waals surface area contributed by atoms with Crippen molar-refractivity contribution in [3.63, 3.8) is 0 Å². The van der Waals surface area contributed by atoms with E-state index < -0.39 is 34.7 Å². The number of nitrogens with two attached hydrogens (primary N) is 1. The second-order valence-electron chi connectivity index (χ2n) is 6.54. The van der Waals surface area contributed by atoms with Gasteiger partial charge in [0.25, 0.3) is 5.91 Å². The van der Waals surface area contributed by atoms with Gasteiger partial charge in [0, 0.05) is 18.7 Å². The van der Waals surface area contributed by atoms with Crippen molar-refractivity contribution in [3.8, 4) is 0 Å². The predicted molar refractivity (Wildman–Crippen MR) is 94.0 cm³/mol.